The Morgan fingerprint density at radius 2 is 2.11 bits per heavy atom. The molecule has 2 aromatic rings. The summed E-state index contributed by atoms with van der Waals surface area (Å²) in [6.45, 7) is 3.19. The van der Waals surface area contributed by atoms with Crippen LogP contribution in [0.1, 0.15) is 13.3 Å². The van der Waals surface area contributed by atoms with Gasteiger partial charge in [0.25, 0.3) is 0 Å². The normalized spacial score (nSPS) is 10.4. The monoisotopic (exact) mass is 258 g/mol. The Bertz CT molecular complexity index is 545. The van der Waals surface area contributed by atoms with Gasteiger partial charge >= 0.3 is 0 Å². The molecule has 0 radical (unpaired) electrons. The molecule has 0 saturated carbocycles. The fourth-order valence-electron chi connectivity index (χ4n) is 1.89. The number of rotatable bonds is 5. The molecule has 1 heterocycles. The third-order valence-electron chi connectivity index (χ3n) is 2.84. The molecular formula is C14H18N4O. The van der Waals surface area contributed by atoms with Crippen LogP contribution < -0.4 is 11.1 Å². The van der Waals surface area contributed by atoms with Gasteiger partial charge in [0.05, 0.1) is 0 Å². The number of benzene rings is 1. The number of hydrogen-bond donors (Lipinski definition) is 2. The number of hydrogen-bond acceptors (Lipinski definition) is 3. The predicted molar refractivity (Wildman–Crippen MR) is 75.4 cm³/mol. The van der Waals surface area contributed by atoms with Crippen molar-refractivity contribution in [2.24, 2.45) is 0 Å². The van der Waals surface area contributed by atoms with Gasteiger partial charge in [-0.3, -0.25) is 4.79 Å². The molecule has 0 unspecified atom stereocenters. The van der Waals surface area contributed by atoms with Crippen molar-refractivity contribution in [3.63, 3.8) is 0 Å². The van der Waals surface area contributed by atoms with Crippen molar-refractivity contribution in [1.82, 2.24) is 14.9 Å². The van der Waals surface area contributed by atoms with Gasteiger partial charge < -0.3 is 15.6 Å². The molecule has 0 aliphatic heterocycles. The van der Waals surface area contributed by atoms with Gasteiger partial charge in [-0.05, 0) is 31.2 Å². The number of carbonyl (C=O) groups is 1. The van der Waals surface area contributed by atoms with E-state index in [4.69, 9.17) is 5.73 Å². The number of anilines is 1. The van der Waals surface area contributed by atoms with E-state index in [1.165, 1.54) is 0 Å². The molecule has 0 atom stereocenters. The molecule has 1 aromatic heterocycles. The first-order valence-electron chi connectivity index (χ1n) is 6.34. The molecule has 0 spiro atoms. The maximum atomic E-state index is 11.5. The van der Waals surface area contributed by atoms with Crippen LogP contribution in [0.25, 0.3) is 11.4 Å². The van der Waals surface area contributed by atoms with Crippen LogP contribution in [0.3, 0.4) is 0 Å². The van der Waals surface area contributed by atoms with Crippen molar-refractivity contribution in [2.75, 3.05) is 12.3 Å². The van der Waals surface area contributed by atoms with Gasteiger partial charge in [0, 0.05) is 43.2 Å². The highest BCUT2D eigenvalue weighted by Gasteiger charge is 2.07. The van der Waals surface area contributed by atoms with Gasteiger partial charge in [-0.15, -0.1) is 0 Å². The van der Waals surface area contributed by atoms with Crippen LogP contribution in [-0.2, 0) is 11.3 Å². The fraction of sp³-hybridized carbons (Fsp3) is 0.286. The summed E-state index contributed by atoms with van der Waals surface area (Å²) in [6, 6.07) is 7.55. The van der Waals surface area contributed by atoms with Crippen molar-refractivity contribution in [2.45, 2.75) is 19.9 Å². The average molecular weight is 258 g/mol. The third kappa shape index (κ3) is 3.34. The second-order valence-electron chi connectivity index (χ2n) is 4.27. The van der Waals surface area contributed by atoms with Crippen LogP contribution in [-0.4, -0.2) is 22.0 Å². The van der Waals surface area contributed by atoms with Crippen molar-refractivity contribution >= 4 is 11.6 Å². The summed E-state index contributed by atoms with van der Waals surface area (Å²) in [5, 5.41) is 2.79. The first kappa shape index (κ1) is 13.1. The number of imidazole rings is 1. The summed E-state index contributed by atoms with van der Waals surface area (Å²) in [4.78, 5) is 15.8. The molecular weight excluding hydrogens is 240 g/mol. The van der Waals surface area contributed by atoms with E-state index in [1.807, 2.05) is 42.0 Å². The lowest BCUT2D eigenvalue weighted by Crippen LogP contribution is -2.23. The number of amides is 1. The summed E-state index contributed by atoms with van der Waals surface area (Å²) >= 11 is 0. The molecule has 5 nitrogen and oxygen atoms in total. The molecule has 0 fully saturated rings. The first-order chi connectivity index (χ1) is 9.20. The zero-order chi connectivity index (χ0) is 13.7. The molecule has 1 amide bonds. The Hall–Kier alpha value is -2.30. The van der Waals surface area contributed by atoms with Gasteiger partial charge in [0.15, 0.2) is 0 Å². The molecule has 5 heteroatoms. The summed E-state index contributed by atoms with van der Waals surface area (Å²) in [6.07, 6.45) is 4.07. The highest BCUT2D eigenvalue weighted by atomic mass is 16.1. The molecule has 100 valence electrons. The van der Waals surface area contributed by atoms with Crippen molar-refractivity contribution < 1.29 is 4.79 Å². The Labute approximate surface area is 112 Å². The predicted octanol–water partition coefficient (Wildman–Crippen LogP) is 1.66. The molecule has 0 bridgehead atoms. The lowest BCUT2D eigenvalue weighted by molar-refractivity contribution is -0.121. The van der Waals surface area contributed by atoms with Crippen LogP contribution in [0.4, 0.5) is 5.69 Å². The van der Waals surface area contributed by atoms with Crippen LogP contribution in [0.5, 0.6) is 0 Å². The Morgan fingerprint density at radius 3 is 2.79 bits per heavy atom. The van der Waals surface area contributed by atoms with Crippen LogP contribution in [0, 0.1) is 0 Å². The Kier molecular flexibility index (Phi) is 4.18. The number of nitrogens with zero attached hydrogens (tertiary/aromatic N) is 2. The van der Waals surface area contributed by atoms with E-state index in [-0.39, 0.29) is 5.91 Å². The molecule has 1 aromatic carbocycles. The minimum absolute atomic E-state index is 0.0551. The van der Waals surface area contributed by atoms with Crippen LogP contribution >= 0.6 is 0 Å². The minimum Gasteiger partial charge on any atom is -0.399 e. The molecule has 19 heavy (non-hydrogen) atoms. The average Bonchev–Trinajstić information content (AvgIpc) is 2.86. The topological polar surface area (TPSA) is 72.9 Å². The fourth-order valence-corrected chi connectivity index (χ4v) is 1.89. The first-order valence-corrected chi connectivity index (χ1v) is 6.34. The second kappa shape index (κ2) is 6.04. The van der Waals surface area contributed by atoms with E-state index >= 15 is 0 Å². The largest absolute Gasteiger partial charge is 0.399 e. The van der Waals surface area contributed by atoms with E-state index in [0.29, 0.717) is 19.5 Å². The Morgan fingerprint density at radius 1 is 1.37 bits per heavy atom. The quantitative estimate of drug-likeness (QED) is 0.801. The number of nitrogens with one attached hydrogen (secondary N) is 1. The van der Waals surface area contributed by atoms with Gasteiger partial charge in [0.2, 0.25) is 5.91 Å². The van der Waals surface area contributed by atoms with E-state index < -0.39 is 0 Å². The van der Waals surface area contributed by atoms with Gasteiger partial charge in [-0.2, -0.15) is 0 Å². The zero-order valence-electron chi connectivity index (χ0n) is 11.0. The van der Waals surface area contributed by atoms with Crippen LogP contribution in [0.15, 0.2) is 36.7 Å². The van der Waals surface area contributed by atoms with E-state index in [2.05, 4.69) is 10.3 Å². The zero-order valence-corrected chi connectivity index (χ0v) is 11.0. The Balaban J connectivity index is 2.09. The summed E-state index contributed by atoms with van der Waals surface area (Å²) < 4.78 is 1.97. The van der Waals surface area contributed by atoms with Gasteiger partial charge in [-0.1, -0.05) is 0 Å². The van der Waals surface area contributed by atoms with Crippen molar-refractivity contribution in [3.8, 4) is 11.4 Å². The number of aryl methyl sites for hydroxylation is 1. The number of nitrogen functional groups attached to an aromatic ring is 1. The number of carbonyl (C=O) groups excluding carboxylic acids is 1. The highest BCUT2D eigenvalue weighted by molar-refractivity contribution is 5.75. The molecule has 3 N–H and O–H groups in total. The summed E-state index contributed by atoms with van der Waals surface area (Å²) in [5.74, 6) is 0.906. The molecule has 0 saturated heterocycles. The maximum Gasteiger partial charge on any atom is 0.221 e. The lowest BCUT2D eigenvalue weighted by atomic mass is 10.2. The van der Waals surface area contributed by atoms with E-state index in [0.717, 1.165) is 17.1 Å². The molecule has 0 aliphatic carbocycles. The van der Waals surface area contributed by atoms with Crippen molar-refractivity contribution in [3.05, 3.63) is 36.7 Å². The second-order valence-corrected chi connectivity index (χ2v) is 4.27. The van der Waals surface area contributed by atoms with Gasteiger partial charge in [-0.25, -0.2) is 4.98 Å². The number of aromatic nitrogens is 2. The van der Waals surface area contributed by atoms with E-state index in [1.54, 1.807) is 6.20 Å². The minimum atomic E-state index is 0.0551. The van der Waals surface area contributed by atoms with Crippen molar-refractivity contribution in [1.29, 1.82) is 0 Å². The van der Waals surface area contributed by atoms with E-state index in [9.17, 15) is 4.79 Å². The van der Waals surface area contributed by atoms with Crippen LogP contribution in [0.2, 0.25) is 0 Å². The highest BCUT2D eigenvalue weighted by Crippen LogP contribution is 2.19. The maximum absolute atomic E-state index is 11.5. The molecule has 2 rings (SSSR count). The third-order valence-corrected chi connectivity index (χ3v) is 2.84. The smallest absolute Gasteiger partial charge is 0.221 e. The summed E-state index contributed by atoms with van der Waals surface area (Å²) in [7, 11) is 0. The lowest BCUT2D eigenvalue weighted by Gasteiger charge is -2.08. The van der Waals surface area contributed by atoms with Gasteiger partial charge in [0.1, 0.15) is 5.82 Å². The standard InChI is InChI=1S/C14H18N4O/c1-2-16-13(19)7-9-18-10-8-17-14(18)11-3-5-12(15)6-4-11/h3-6,8,10H,2,7,9,15H2,1H3,(H,16,19). The summed E-state index contributed by atoms with van der Waals surface area (Å²) in [5.41, 5.74) is 7.39. The SMILES string of the molecule is CCNC(=O)CCn1ccnc1-c1ccc(N)cc1. The number of nitrogens with two attached hydrogens (primary N) is 1. The molecule has 0 aliphatic rings.